The van der Waals surface area contributed by atoms with Crippen LogP contribution in [-0.4, -0.2) is 97.2 Å². The molecule has 4 N–H and O–H groups in total. The van der Waals surface area contributed by atoms with Crippen LogP contribution >= 0.6 is 7.82 Å². The van der Waals surface area contributed by atoms with E-state index in [4.69, 9.17) is 47.2 Å². The number of hydrogen-bond donors (Lipinski definition) is 4. The number of carbonyl (C=O) groups excluding carboxylic acids is 1. The number of benzene rings is 2. The van der Waals surface area contributed by atoms with Crippen molar-refractivity contribution in [2.75, 3.05) is 34.2 Å². The fourth-order valence-corrected chi connectivity index (χ4v) is 7.56. The van der Waals surface area contributed by atoms with Crippen molar-refractivity contribution in [2.45, 2.75) is 55.9 Å². The fraction of sp³-hybridized carbons (Fsp3) is 0.552. The molecular formula is C29H33O16P. The summed E-state index contributed by atoms with van der Waals surface area (Å²) in [5.41, 5.74) is 1.75. The molecule has 0 amide bonds. The van der Waals surface area contributed by atoms with Gasteiger partial charge in [0.05, 0.1) is 39.5 Å². The van der Waals surface area contributed by atoms with Gasteiger partial charge in [0.2, 0.25) is 12.5 Å². The van der Waals surface area contributed by atoms with Crippen LogP contribution in [0.3, 0.4) is 0 Å². The zero-order valence-corrected chi connectivity index (χ0v) is 25.7. The Morgan fingerprint density at radius 2 is 1.61 bits per heavy atom. The molecule has 0 radical (unpaired) electrons. The summed E-state index contributed by atoms with van der Waals surface area (Å²) in [4.78, 5) is 32.8. The topological polar surface area (TPSA) is 207 Å². The Labute approximate surface area is 262 Å². The molecule has 0 spiro atoms. The minimum absolute atomic E-state index is 0.0282. The number of phosphoric acid groups is 1. The molecule has 17 heteroatoms. The smallest absolute Gasteiger partial charge is 0.470 e. The number of phenols is 1. The molecule has 4 aliphatic heterocycles. The maximum Gasteiger partial charge on any atom is 0.470 e. The average Bonchev–Trinajstić information content (AvgIpc) is 3.64. The van der Waals surface area contributed by atoms with E-state index < -0.39 is 74.6 Å². The van der Waals surface area contributed by atoms with E-state index in [1.807, 2.05) is 0 Å². The molecule has 3 fully saturated rings. The second-order valence-corrected chi connectivity index (χ2v) is 12.8. The molecule has 10 atom stereocenters. The summed E-state index contributed by atoms with van der Waals surface area (Å²) in [6, 6.07) is 6.69. The predicted octanol–water partition coefficient (Wildman–Crippen LogP) is 1.46. The Morgan fingerprint density at radius 1 is 0.935 bits per heavy atom. The third-order valence-electron chi connectivity index (χ3n) is 8.98. The second-order valence-electron chi connectivity index (χ2n) is 11.6. The normalized spacial score (nSPS) is 34.7. The maximum atomic E-state index is 13.5. The molecule has 5 aliphatic rings. The lowest BCUT2D eigenvalue weighted by atomic mass is 9.66. The van der Waals surface area contributed by atoms with E-state index in [2.05, 4.69) is 0 Å². The highest BCUT2D eigenvalue weighted by atomic mass is 31.2. The lowest BCUT2D eigenvalue weighted by Crippen LogP contribution is -2.63. The lowest BCUT2D eigenvalue weighted by molar-refractivity contribution is -0.362. The number of aliphatic hydroxyl groups excluding tert-OH is 1. The van der Waals surface area contributed by atoms with Gasteiger partial charge in [-0.1, -0.05) is 0 Å². The first kappa shape index (κ1) is 31.4. The highest BCUT2D eigenvalue weighted by molar-refractivity contribution is 7.46. The summed E-state index contributed by atoms with van der Waals surface area (Å²) in [5, 5.41) is 22.0. The molecule has 0 unspecified atom stereocenters. The Balaban J connectivity index is 1.31. The molecule has 0 aromatic heterocycles. The number of esters is 1. The van der Waals surface area contributed by atoms with Crippen LogP contribution < -0.4 is 18.9 Å². The third kappa shape index (κ3) is 5.37. The summed E-state index contributed by atoms with van der Waals surface area (Å²) in [5.74, 6) is -1.70. The average molecular weight is 669 g/mol. The standard InChI is InChI=1S/C29H33O16P/c1-11-38-9-20-26(42-11)27(45-46(33,34)35)24(31)29(43-20)44-25-14-7-17-16(40-10-41-17)6-13(14)21(22-15(25)8-39-28(22)32)12-4-18(36-2)23(30)19(5-12)37-3/h4-7,11,15,20-22,24-27,29-31H,8-10H2,1-3H3,(H2,33,34,35)/t11-,15+,20-,21-,22+,24-,25-,26-,27-,29+/m1/s1. The van der Waals surface area contributed by atoms with Gasteiger partial charge < -0.3 is 62.6 Å². The molecule has 46 heavy (non-hydrogen) atoms. The third-order valence-corrected chi connectivity index (χ3v) is 9.50. The van der Waals surface area contributed by atoms with Gasteiger partial charge in [0.15, 0.2) is 35.6 Å². The first-order valence-electron chi connectivity index (χ1n) is 14.5. The first-order valence-corrected chi connectivity index (χ1v) is 16.1. The second kappa shape index (κ2) is 11.8. The van der Waals surface area contributed by atoms with Gasteiger partial charge in [-0.05, 0) is 47.9 Å². The zero-order valence-electron chi connectivity index (χ0n) is 24.8. The molecule has 7 rings (SSSR count). The number of rotatable bonds is 7. The first-order chi connectivity index (χ1) is 22.0. The van der Waals surface area contributed by atoms with Crippen molar-refractivity contribution in [3.05, 3.63) is 41.0 Å². The number of ether oxygens (including phenoxy) is 9. The van der Waals surface area contributed by atoms with Crippen molar-refractivity contribution in [3.63, 3.8) is 0 Å². The van der Waals surface area contributed by atoms with Gasteiger partial charge in [-0.3, -0.25) is 9.32 Å². The van der Waals surface area contributed by atoms with Crippen molar-refractivity contribution in [1.29, 1.82) is 0 Å². The van der Waals surface area contributed by atoms with Crippen LogP contribution in [0.15, 0.2) is 24.3 Å². The molecule has 16 nitrogen and oxygen atoms in total. The number of aromatic hydroxyl groups is 1. The van der Waals surface area contributed by atoms with Crippen LogP contribution in [-0.2, 0) is 37.6 Å². The Bertz CT molecular complexity index is 1530. The predicted molar refractivity (Wildman–Crippen MR) is 149 cm³/mol. The summed E-state index contributed by atoms with van der Waals surface area (Å²) < 4.78 is 68.4. The van der Waals surface area contributed by atoms with E-state index >= 15 is 0 Å². The van der Waals surface area contributed by atoms with Gasteiger partial charge in [-0.15, -0.1) is 0 Å². The SMILES string of the molecule is COc1cc([C@@H]2c3cc4c(cc3[C@@H](O[C@@H]3O[C@@H]5CO[C@@H](C)O[C@H]5[C@H](OP(=O)(O)O)[C@H]3O)[C@H]3COC(=O)[C@H]23)OCO4)cc(OC)c1O. The zero-order chi connectivity index (χ0) is 32.5. The van der Waals surface area contributed by atoms with Crippen LogP contribution in [0.1, 0.15) is 35.6 Å². The van der Waals surface area contributed by atoms with Gasteiger partial charge in [-0.25, -0.2) is 4.57 Å². The number of hydrogen-bond acceptors (Lipinski definition) is 14. The van der Waals surface area contributed by atoms with Gasteiger partial charge >= 0.3 is 13.8 Å². The molecule has 4 heterocycles. The minimum atomic E-state index is -5.10. The van der Waals surface area contributed by atoms with Gasteiger partial charge in [0.1, 0.15) is 24.4 Å². The monoisotopic (exact) mass is 668 g/mol. The van der Waals surface area contributed by atoms with Crippen molar-refractivity contribution >= 4 is 13.8 Å². The number of cyclic esters (lactones) is 1. The molecule has 0 bridgehead atoms. The maximum absolute atomic E-state index is 13.5. The van der Waals surface area contributed by atoms with Crippen LogP contribution in [0.25, 0.3) is 0 Å². The van der Waals surface area contributed by atoms with E-state index in [0.717, 1.165) is 0 Å². The lowest BCUT2D eigenvalue weighted by Gasteiger charge is -2.48. The number of fused-ring (bicyclic) bond motifs is 4. The fourth-order valence-electron chi connectivity index (χ4n) is 7.00. The van der Waals surface area contributed by atoms with E-state index in [1.165, 1.54) is 14.2 Å². The summed E-state index contributed by atoms with van der Waals surface area (Å²) in [6.45, 7) is 1.49. The largest absolute Gasteiger partial charge is 0.502 e. The van der Waals surface area contributed by atoms with Crippen molar-refractivity contribution in [3.8, 4) is 28.7 Å². The summed E-state index contributed by atoms with van der Waals surface area (Å²) in [7, 11) is -2.30. The van der Waals surface area contributed by atoms with Crippen molar-refractivity contribution in [1.82, 2.24) is 0 Å². The van der Waals surface area contributed by atoms with Crippen LogP contribution in [0.4, 0.5) is 0 Å². The molecule has 250 valence electrons. The molecular weight excluding hydrogens is 635 g/mol. The highest BCUT2D eigenvalue weighted by Crippen LogP contribution is 2.57. The number of phosphoric ester groups is 1. The van der Waals surface area contributed by atoms with Gasteiger partial charge in [-0.2, -0.15) is 0 Å². The molecule has 3 saturated heterocycles. The van der Waals surface area contributed by atoms with Gasteiger partial charge in [0, 0.05) is 11.8 Å². The van der Waals surface area contributed by atoms with E-state index in [9.17, 15) is 29.4 Å². The Kier molecular flexibility index (Phi) is 8.07. The highest BCUT2D eigenvalue weighted by Gasteiger charge is 2.57. The van der Waals surface area contributed by atoms with E-state index in [0.29, 0.717) is 28.2 Å². The van der Waals surface area contributed by atoms with E-state index in [1.54, 1.807) is 31.2 Å². The molecule has 2 aromatic rings. The Morgan fingerprint density at radius 3 is 2.26 bits per heavy atom. The summed E-state index contributed by atoms with van der Waals surface area (Å²) >= 11 is 0. The molecule has 0 saturated carbocycles. The number of phenolic OH excluding ortho intramolecular Hbond substituents is 1. The molecule has 1 aliphatic carbocycles. The molecule has 2 aromatic carbocycles. The van der Waals surface area contributed by atoms with Crippen molar-refractivity contribution in [2.24, 2.45) is 11.8 Å². The number of methoxy groups -OCH3 is 2. The van der Waals surface area contributed by atoms with Crippen LogP contribution in [0, 0.1) is 11.8 Å². The number of aliphatic hydroxyl groups is 1. The number of carbonyl (C=O) groups is 1. The van der Waals surface area contributed by atoms with E-state index in [-0.39, 0.29) is 37.3 Å². The van der Waals surface area contributed by atoms with Crippen LogP contribution in [0.2, 0.25) is 0 Å². The van der Waals surface area contributed by atoms with Crippen molar-refractivity contribution < 1.29 is 76.5 Å². The van der Waals surface area contributed by atoms with Crippen LogP contribution in [0.5, 0.6) is 28.7 Å². The van der Waals surface area contributed by atoms with Gasteiger partial charge in [0.25, 0.3) is 0 Å². The minimum Gasteiger partial charge on any atom is -0.502 e. The Hall–Kier alpha value is -3.18. The summed E-state index contributed by atoms with van der Waals surface area (Å²) in [6.07, 6.45) is -8.45. The quantitative estimate of drug-likeness (QED) is 0.243.